The maximum absolute atomic E-state index is 11.3. The van der Waals surface area contributed by atoms with Gasteiger partial charge in [-0.2, -0.15) is 0 Å². The summed E-state index contributed by atoms with van der Waals surface area (Å²) in [6.07, 6.45) is 6.23. The third-order valence-corrected chi connectivity index (χ3v) is 3.69. The highest BCUT2D eigenvalue weighted by atomic mass is 16.4. The number of carbonyl (C=O) groups is 1. The second-order valence-corrected chi connectivity index (χ2v) is 4.88. The van der Waals surface area contributed by atoms with Crippen LogP contribution in [-0.4, -0.2) is 25.7 Å². The Morgan fingerprint density at radius 3 is 2.95 bits per heavy atom. The number of aromatic hydroxyl groups is 1. The monoisotopic (exact) mass is 258 g/mol. The SMILES string of the molecule is O=C(O)C1Cc2cc(O)ccc2C(n2ccnc2)C1. The molecule has 3 rings (SSSR count). The maximum Gasteiger partial charge on any atom is 0.306 e. The van der Waals surface area contributed by atoms with Crippen LogP contribution in [0.15, 0.2) is 36.9 Å². The van der Waals surface area contributed by atoms with E-state index < -0.39 is 11.9 Å². The normalized spacial score (nSPS) is 21.9. The lowest BCUT2D eigenvalue weighted by Gasteiger charge is -2.30. The van der Waals surface area contributed by atoms with E-state index in [0.29, 0.717) is 12.8 Å². The van der Waals surface area contributed by atoms with E-state index in [4.69, 9.17) is 0 Å². The smallest absolute Gasteiger partial charge is 0.306 e. The van der Waals surface area contributed by atoms with Crippen LogP contribution in [-0.2, 0) is 11.2 Å². The second kappa shape index (κ2) is 4.42. The minimum absolute atomic E-state index is 0.0343. The van der Waals surface area contributed by atoms with Crippen LogP contribution in [0.4, 0.5) is 0 Å². The lowest BCUT2D eigenvalue weighted by molar-refractivity contribution is -0.142. The van der Waals surface area contributed by atoms with Gasteiger partial charge in [-0.1, -0.05) is 6.07 Å². The molecule has 19 heavy (non-hydrogen) atoms. The number of aromatic nitrogens is 2. The molecule has 0 spiro atoms. The van der Waals surface area contributed by atoms with Gasteiger partial charge in [-0.15, -0.1) is 0 Å². The number of nitrogens with zero attached hydrogens (tertiary/aromatic N) is 2. The Morgan fingerprint density at radius 2 is 2.26 bits per heavy atom. The molecule has 1 aliphatic carbocycles. The Bertz CT molecular complexity index is 607. The molecule has 0 aliphatic heterocycles. The minimum Gasteiger partial charge on any atom is -0.508 e. The summed E-state index contributed by atoms with van der Waals surface area (Å²) in [4.78, 5) is 15.3. The fourth-order valence-corrected chi connectivity index (χ4v) is 2.76. The first-order valence-electron chi connectivity index (χ1n) is 6.17. The average molecular weight is 258 g/mol. The maximum atomic E-state index is 11.3. The first-order valence-corrected chi connectivity index (χ1v) is 6.17. The third-order valence-electron chi connectivity index (χ3n) is 3.69. The Kier molecular flexibility index (Phi) is 2.74. The topological polar surface area (TPSA) is 75.3 Å². The van der Waals surface area contributed by atoms with E-state index in [9.17, 15) is 15.0 Å². The molecule has 1 aromatic heterocycles. The number of carboxylic acids is 1. The molecular weight excluding hydrogens is 244 g/mol. The van der Waals surface area contributed by atoms with Crippen molar-refractivity contribution in [3.63, 3.8) is 0 Å². The molecule has 2 atom stereocenters. The number of benzene rings is 1. The number of rotatable bonds is 2. The first kappa shape index (κ1) is 11.8. The predicted octanol–water partition coefficient (Wildman–Crippen LogP) is 1.83. The molecular formula is C14H14N2O3. The van der Waals surface area contributed by atoms with Gasteiger partial charge in [0.2, 0.25) is 0 Å². The molecule has 0 amide bonds. The highest BCUT2D eigenvalue weighted by Gasteiger charge is 2.31. The van der Waals surface area contributed by atoms with Crippen molar-refractivity contribution in [1.82, 2.24) is 9.55 Å². The summed E-state index contributed by atoms with van der Waals surface area (Å²) in [5, 5.41) is 18.8. The van der Waals surface area contributed by atoms with Crippen LogP contribution in [0.3, 0.4) is 0 Å². The fourth-order valence-electron chi connectivity index (χ4n) is 2.76. The number of phenols is 1. The largest absolute Gasteiger partial charge is 0.508 e. The Morgan fingerprint density at radius 1 is 1.42 bits per heavy atom. The molecule has 2 N–H and O–H groups in total. The van der Waals surface area contributed by atoms with Crippen molar-refractivity contribution in [2.75, 3.05) is 0 Å². The third kappa shape index (κ3) is 2.07. The molecule has 98 valence electrons. The molecule has 5 heteroatoms. The molecule has 2 unspecified atom stereocenters. The molecule has 1 heterocycles. The van der Waals surface area contributed by atoms with Crippen molar-refractivity contribution >= 4 is 5.97 Å². The number of carboxylic acid groups (broad SMARTS) is 1. The lowest BCUT2D eigenvalue weighted by atomic mass is 9.80. The molecule has 1 aliphatic rings. The molecule has 0 saturated heterocycles. The summed E-state index contributed by atoms with van der Waals surface area (Å²) in [5.74, 6) is -1.05. The Labute approximate surface area is 110 Å². The van der Waals surface area contributed by atoms with Crippen LogP contribution in [0.5, 0.6) is 5.75 Å². The van der Waals surface area contributed by atoms with E-state index in [1.807, 2.05) is 16.8 Å². The van der Waals surface area contributed by atoms with Crippen LogP contribution in [0.25, 0.3) is 0 Å². The number of fused-ring (bicyclic) bond motifs is 1. The molecule has 1 aromatic carbocycles. The zero-order valence-electron chi connectivity index (χ0n) is 10.2. The highest BCUT2D eigenvalue weighted by Crippen LogP contribution is 2.37. The van der Waals surface area contributed by atoms with Crippen molar-refractivity contribution in [1.29, 1.82) is 0 Å². The summed E-state index contributed by atoms with van der Waals surface area (Å²) in [7, 11) is 0. The van der Waals surface area contributed by atoms with Crippen LogP contribution in [0.2, 0.25) is 0 Å². The summed E-state index contributed by atoms with van der Waals surface area (Å²) < 4.78 is 1.92. The first-order chi connectivity index (χ1) is 9.15. The van der Waals surface area contributed by atoms with E-state index in [2.05, 4.69) is 4.98 Å². The summed E-state index contributed by atoms with van der Waals surface area (Å²) in [6.45, 7) is 0. The summed E-state index contributed by atoms with van der Waals surface area (Å²) in [5.41, 5.74) is 1.96. The van der Waals surface area contributed by atoms with Crippen LogP contribution >= 0.6 is 0 Å². The second-order valence-electron chi connectivity index (χ2n) is 4.88. The quantitative estimate of drug-likeness (QED) is 0.861. The van der Waals surface area contributed by atoms with Gasteiger partial charge in [-0.05, 0) is 36.1 Å². The van der Waals surface area contributed by atoms with Crippen LogP contribution in [0, 0.1) is 5.92 Å². The highest BCUT2D eigenvalue weighted by molar-refractivity contribution is 5.71. The zero-order chi connectivity index (χ0) is 13.4. The van der Waals surface area contributed by atoms with Crippen molar-refractivity contribution in [2.24, 2.45) is 5.92 Å². The Balaban J connectivity index is 2.07. The van der Waals surface area contributed by atoms with Gasteiger partial charge in [0.05, 0.1) is 18.3 Å². The number of imidazole rings is 1. The van der Waals surface area contributed by atoms with Gasteiger partial charge in [-0.25, -0.2) is 4.98 Å². The van der Waals surface area contributed by atoms with Gasteiger partial charge >= 0.3 is 5.97 Å². The van der Waals surface area contributed by atoms with Gasteiger partial charge in [-0.3, -0.25) is 4.79 Å². The van der Waals surface area contributed by atoms with Crippen LogP contribution in [0.1, 0.15) is 23.6 Å². The molecule has 0 bridgehead atoms. The van der Waals surface area contributed by atoms with Gasteiger partial charge < -0.3 is 14.8 Å². The predicted molar refractivity (Wildman–Crippen MR) is 67.9 cm³/mol. The summed E-state index contributed by atoms with van der Waals surface area (Å²) >= 11 is 0. The number of hydrogen-bond acceptors (Lipinski definition) is 3. The van der Waals surface area contributed by atoms with E-state index in [0.717, 1.165) is 11.1 Å². The van der Waals surface area contributed by atoms with Gasteiger partial charge in [0.15, 0.2) is 0 Å². The van der Waals surface area contributed by atoms with E-state index in [1.165, 1.54) is 0 Å². The van der Waals surface area contributed by atoms with Crippen molar-refractivity contribution in [3.8, 4) is 5.75 Å². The zero-order valence-corrected chi connectivity index (χ0v) is 10.2. The van der Waals surface area contributed by atoms with E-state index in [1.54, 1.807) is 24.7 Å². The minimum atomic E-state index is -0.792. The number of aliphatic carboxylic acids is 1. The Hall–Kier alpha value is -2.30. The van der Waals surface area contributed by atoms with Gasteiger partial charge in [0.25, 0.3) is 0 Å². The standard InChI is InChI=1S/C14H14N2O3/c17-11-1-2-12-9(6-11)5-10(14(18)19)7-13(12)16-4-3-15-8-16/h1-4,6,8,10,13,17H,5,7H2,(H,18,19). The van der Waals surface area contributed by atoms with Crippen molar-refractivity contribution < 1.29 is 15.0 Å². The lowest BCUT2D eigenvalue weighted by Crippen LogP contribution is -2.28. The number of hydrogen-bond donors (Lipinski definition) is 2. The molecule has 0 fully saturated rings. The van der Waals surface area contributed by atoms with Crippen molar-refractivity contribution in [2.45, 2.75) is 18.9 Å². The van der Waals surface area contributed by atoms with Crippen LogP contribution < -0.4 is 0 Å². The fraction of sp³-hybridized carbons (Fsp3) is 0.286. The summed E-state index contributed by atoms with van der Waals surface area (Å²) in [6, 6.07) is 5.14. The molecule has 0 saturated carbocycles. The number of phenolic OH excluding ortho intramolecular Hbond substituents is 1. The average Bonchev–Trinajstić information content (AvgIpc) is 2.90. The van der Waals surface area contributed by atoms with Gasteiger partial charge in [0, 0.05) is 12.4 Å². The molecule has 5 nitrogen and oxygen atoms in total. The van der Waals surface area contributed by atoms with Gasteiger partial charge in [0.1, 0.15) is 5.75 Å². The van der Waals surface area contributed by atoms with E-state index in [-0.39, 0.29) is 11.8 Å². The van der Waals surface area contributed by atoms with Crippen molar-refractivity contribution in [3.05, 3.63) is 48.0 Å². The molecule has 2 aromatic rings. The van der Waals surface area contributed by atoms with E-state index >= 15 is 0 Å². The molecule has 0 radical (unpaired) electrons.